The molecule has 1 aliphatic carbocycles. The van der Waals surface area contributed by atoms with E-state index in [9.17, 15) is 0 Å². The first kappa shape index (κ1) is 11.2. The van der Waals surface area contributed by atoms with Crippen molar-refractivity contribution in [1.29, 1.82) is 0 Å². The van der Waals surface area contributed by atoms with Gasteiger partial charge in [-0.25, -0.2) is 0 Å². The number of halogens is 1. The third-order valence-corrected chi connectivity index (χ3v) is 2.64. The summed E-state index contributed by atoms with van der Waals surface area (Å²) in [5.41, 5.74) is 5.84. The first-order chi connectivity index (χ1) is 4.80. The predicted molar refractivity (Wildman–Crippen MR) is 52.1 cm³/mol. The third-order valence-electron chi connectivity index (χ3n) is 2.64. The standard InChI is InChI=1S/C9H19N.ClH/c1-8(10)9-6-4-2-3-5-7-9;/h8-9H,2-7,10H2,1H3;1H/t8-;/m1./s1. The number of hydrogen-bond donors (Lipinski definition) is 1. The minimum atomic E-state index is 0. The van der Waals surface area contributed by atoms with Gasteiger partial charge in [-0.3, -0.25) is 0 Å². The van der Waals surface area contributed by atoms with Crippen molar-refractivity contribution in [1.82, 2.24) is 0 Å². The van der Waals surface area contributed by atoms with E-state index in [4.69, 9.17) is 5.73 Å². The molecule has 1 aliphatic rings. The predicted octanol–water partition coefficient (Wildman–Crippen LogP) is 2.73. The fourth-order valence-corrected chi connectivity index (χ4v) is 1.84. The van der Waals surface area contributed by atoms with Gasteiger partial charge in [-0.1, -0.05) is 25.7 Å². The Hall–Kier alpha value is 0.250. The average Bonchev–Trinajstić information content (AvgIpc) is 2.12. The van der Waals surface area contributed by atoms with Crippen molar-refractivity contribution in [3.05, 3.63) is 0 Å². The maximum Gasteiger partial charge on any atom is 0.00387 e. The molecule has 0 aromatic rings. The largest absolute Gasteiger partial charge is 0.328 e. The molecule has 0 spiro atoms. The molecule has 68 valence electrons. The van der Waals surface area contributed by atoms with Crippen LogP contribution in [-0.4, -0.2) is 6.04 Å². The van der Waals surface area contributed by atoms with Crippen LogP contribution in [0, 0.1) is 5.92 Å². The Morgan fingerprint density at radius 2 is 1.55 bits per heavy atom. The summed E-state index contributed by atoms with van der Waals surface area (Å²) in [6.45, 7) is 2.15. The van der Waals surface area contributed by atoms with Crippen LogP contribution in [0.3, 0.4) is 0 Å². The van der Waals surface area contributed by atoms with Crippen LogP contribution in [0.2, 0.25) is 0 Å². The molecule has 2 N–H and O–H groups in total. The lowest BCUT2D eigenvalue weighted by Gasteiger charge is -2.17. The molecule has 1 rings (SSSR count). The second kappa shape index (κ2) is 5.84. The molecule has 0 bridgehead atoms. The second-order valence-electron chi connectivity index (χ2n) is 3.61. The molecule has 0 aromatic carbocycles. The summed E-state index contributed by atoms with van der Waals surface area (Å²) in [6.07, 6.45) is 8.43. The molecule has 0 aliphatic heterocycles. The molecular formula is C9H20ClN. The van der Waals surface area contributed by atoms with E-state index >= 15 is 0 Å². The molecule has 0 unspecified atom stereocenters. The van der Waals surface area contributed by atoms with E-state index in [0.717, 1.165) is 5.92 Å². The number of nitrogens with two attached hydrogens (primary N) is 1. The molecule has 11 heavy (non-hydrogen) atoms. The van der Waals surface area contributed by atoms with Crippen LogP contribution in [0.25, 0.3) is 0 Å². The highest BCUT2D eigenvalue weighted by Crippen LogP contribution is 2.24. The van der Waals surface area contributed by atoms with Crippen molar-refractivity contribution < 1.29 is 0 Å². The first-order valence-corrected chi connectivity index (χ1v) is 4.56. The quantitative estimate of drug-likeness (QED) is 0.613. The zero-order valence-corrected chi connectivity index (χ0v) is 8.20. The Morgan fingerprint density at radius 1 is 1.09 bits per heavy atom. The highest BCUT2D eigenvalue weighted by molar-refractivity contribution is 5.85. The average molecular weight is 178 g/mol. The zero-order chi connectivity index (χ0) is 7.40. The number of rotatable bonds is 1. The minimum Gasteiger partial charge on any atom is -0.328 e. The van der Waals surface area contributed by atoms with Crippen LogP contribution in [0.5, 0.6) is 0 Å². The summed E-state index contributed by atoms with van der Waals surface area (Å²) in [5, 5.41) is 0. The van der Waals surface area contributed by atoms with Gasteiger partial charge in [0.1, 0.15) is 0 Å². The summed E-state index contributed by atoms with van der Waals surface area (Å²) >= 11 is 0. The highest BCUT2D eigenvalue weighted by atomic mass is 35.5. The maximum absolute atomic E-state index is 5.84. The van der Waals surface area contributed by atoms with Gasteiger partial charge < -0.3 is 5.73 Å². The van der Waals surface area contributed by atoms with Gasteiger partial charge in [0.05, 0.1) is 0 Å². The van der Waals surface area contributed by atoms with Gasteiger partial charge in [-0.2, -0.15) is 0 Å². The Balaban J connectivity index is 0.000001000. The van der Waals surface area contributed by atoms with Crippen LogP contribution in [0.4, 0.5) is 0 Å². The van der Waals surface area contributed by atoms with E-state index in [1.54, 1.807) is 0 Å². The molecule has 0 aromatic heterocycles. The Labute approximate surface area is 76.1 Å². The molecule has 0 heterocycles. The molecule has 1 atom stereocenters. The Kier molecular flexibility index (Phi) is 5.98. The molecule has 2 heteroatoms. The highest BCUT2D eigenvalue weighted by Gasteiger charge is 2.14. The summed E-state index contributed by atoms with van der Waals surface area (Å²) < 4.78 is 0. The van der Waals surface area contributed by atoms with Gasteiger partial charge in [0.25, 0.3) is 0 Å². The number of hydrogen-bond acceptors (Lipinski definition) is 1. The zero-order valence-electron chi connectivity index (χ0n) is 7.38. The second-order valence-corrected chi connectivity index (χ2v) is 3.61. The lowest BCUT2D eigenvalue weighted by Crippen LogP contribution is -2.25. The van der Waals surface area contributed by atoms with Crippen LogP contribution >= 0.6 is 12.4 Å². The normalized spacial score (nSPS) is 23.5. The molecular weight excluding hydrogens is 158 g/mol. The van der Waals surface area contributed by atoms with E-state index in [2.05, 4.69) is 6.92 Å². The van der Waals surface area contributed by atoms with Gasteiger partial charge in [0, 0.05) is 6.04 Å². The van der Waals surface area contributed by atoms with Gasteiger partial charge in [0.2, 0.25) is 0 Å². The minimum absolute atomic E-state index is 0. The van der Waals surface area contributed by atoms with Crippen molar-refractivity contribution in [2.45, 2.75) is 51.5 Å². The van der Waals surface area contributed by atoms with Crippen LogP contribution in [-0.2, 0) is 0 Å². The summed E-state index contributed by atoms with van der Waals surface area (Å²) in [6, 6.07) is 0.429. The van der Waals surface area contributed by atoms with Crippen LogP contribution in [0.15, 0.2) is 0 Å². The SMILES string of the molecule is C[C@@H](N)C1CCCCCC1.Cl. The molecule has 0 radical (unpaired) electrons. The van der Waals surface area contributed by atoms with Crippen LogP contribution < -0.4 is 5.73 Å². The van der Waals surface area contributed by atoms with Gasteiger partial charge in [-0.05, 0) is 25.7 Å². The van der Waals surface area contributed by atoms with E-state index in [0.29, 0.717) is 6.04 Å². The fourth-order valence-electron chi connectivity index (χ4n) is 1.84. The topological polar surface area (TPSA) is 26.0 Å². The Bertz CT molecular complexity index is 85.6. The summed E-state index contributed by atoms with van der Waals surface area (Å²) in [5.74, 6) is 0.822. The third kappa shape index (κ3) is 3.97. The van der Waals surface area contributed by atoms with Gasteiger partial charge >= 0.3 is 0 Å². The molecule has 0 saturated heterocycles. The van der Waals surface area contributed by atoms with E-state index in [-0.39, 0.29) is 12.4 Å². The van der Waals surface area contributed by atoms with Gasteiger partial charge in [-0.15, -0.1) is 12.4 Å². The van der Waals surface area contributed by atoms with Crippen molar-refractivity contribution in [2.24, 2.45) is 11.7 Å². The lowest BCUT2D eigenvalue weighted by molar-refractivity contribution is 0.393. The van der Waals surface area contributed by atoms with E-state index in [1.165, 1.54) is 38.5 Å². The first-order valence-electron chi connectivity index (χ1n) is 4.56. The molecule has 1 nitrogen and oxygen atoms in total. The summed E-state index contributed by atoms with van der Waals surface area (Å²) in [4.78, 5) is 0. The van der Waals surface area contributed by atoms with Crippen LogP contribution in [0.1, 0.15) is 45.4 Å². The molecule has 0 amide bonds. The smallest absolute Gasteiger partial charge is 0.00387 e. The lowest BCUT2D eigenvalue weighted by atomic mass is 9.94. The molecule has 1 saturated carbocycles. The van der Waals surface area contributed by atoms with Crippen molar-refractivity contribution in [3.63, 3.8) is 0 Å². The van der Waals surface area contributed by atoms with E-state index in [1.807, 2.05) is 0 Å². The van der Waals surface area contributed by atoms with Crippen molar-refractivity contribution in [2.75, 3.05) is 0 Å². The fraction of sp³-hybridized carbons (Fsp3) is 1.00. The Morgan fingerprint density at radius 3 is 1.91 bits per heavy atom. The molecule has 1 fully saturated rings. The van der Waals surface area contributed by atoms with Gasteiger partial charge in [0.15, 0.2) is 0 Å². The maximum atomic E-state index is 5.84. The van der Waals surface area contributed by atoms with Crippen molar-refractivity contribution in [3.8, 4) is 0 Å². The monoisotopic (exact) mass is 177 g/mol. The van der Waals surface area contributed by atoms with E-state index < -0.39 is 0 Å². The van der Waals surface area contributed by atoms with Crippen molar-refractivity contribution >= 4 is 12.4 Å². The summed E-state index contributed by atoms with van der Waals surface area (Å²) in [7, 11) is 0.